The molecule has 1 N–H and O–H groups in total. The highest BCUT2D eigenvalue weighted by Gasteiger charge is 2.24. The molecule has 5 nitrogen and oxygen atoms in total. The second-order valence-electron chi connectivity index (χ2n) is 2.57. The predicted octanol–water partition coefficient (Wildman–Crippen LogP) is -1.12. The van der Waals surface area contributed by atoms with Crippen LogP contribution in [0.1, 0.15) is 13.3 Å². The number of imide groups is 1. The Hall–Kier alpha value is -1.39. The first-order valence-corrected chi connectivity index (χ1v) is 3.74. The third-order valence-electron chi connectivity index (χ3n) is 1.60. The van der Waals surface area contributed by atoms with Crippen molar-refractivity contribution in [2.45, 2.75) is 13.3 Å². The maximum atomic E-state index is 11.1. The van der Waals surface area contributed by atoms with E-state index in [4.69, 9.17) is 0 Å². The summed E-state index contributed by atoms with van der Waals surface area (Å²) in [6, 6.07) is 0. The lowest BCUT2D eigenvalue weighted by Crippen LogP contribution is -2.53. The number of carbonyl (C=O) groups excluding carboxylic acids is 3. The lowest BCUT2D eigenvalue weighted by atomic mass is 10.3. The van der Waals surface area contributed by atoms with Crippen molar-refractivity contribution in [1.82, 2.24) is 10.2 Å². The highest BCUT2D eigenvalue weighted by molar-refractivity contribution is 6.02. The molecule has 1 heterocycles. The molecule has 0 spiro atoms. The van der Waals surface area contributed by atoms with Crippen LogP contribution < -0.4 is 5.32 Å². The number of carbonyl (C=O) groups is 3. The largest absolute Gasteiger partial charge is 0.324 e. The van der Waals surface area contributed by atoms with Gasteiger partial charge in [0, 0.05) is 6.42 Å². The number of rotatable bonds is 1. The lowest BCUT2D eigenvalue weighted by Gasteiger charge is -2.24. The van der Waals surface area contributed by atoms with E-state index >= 15 is 0 Å². The molecule has 0 aromatic carbocycles. The summed E-state index contributed by atoms with van der Waals surface area (Å²) in [6.07, 6.45) is 0.320. The first-order valence-electron chi connectivity index (χ1n) is 3.74. The molecule has 0 unspecified atom stereocenters. The van der Waals surface area contributed by atoms with Crippen LogP contribution in [0.3, 0.4) is 0 Å². The fourth-order valence-corrected chi connectivity index (χ4v) is 1.04. The van der Waals surface area contributed by atoms with Gasteiger partial charge in [-0.15, -0.1) is 0 Å². The Labute approximate surface area is 69.7 Å². The molecule has 0 atom stereocenters. The molecule has 12 heavy (non-hydrogen) atoms. The van der Waals surface area contributed by atoms with Crippen LogP contribution in [0.2, 0.25) is 0 Å². The molecule has 1 saturated heterocycles. The second-order valence-corrected chi connectivity index (χ2v) is 2.57. The predicted molar refractivity (Wildman–Crippen MR) is 40.0 cm³/mol. The number of nitrogens with one attached hydrogen (secondary N) is 1. The molecule has 0 saturated carbocycles. The Morgan fingerprint density at radius 1 is 1.42 bits per heavy atom. The number of hydrogen-bond donors (Lipinski definition) is 1. The van der Waals surface area contributed by atoms with E-state index in [1.165, 1.54) is 4.90 Å². The average Bonchev–Trinajstić information content (AvgIpc) is 2.01. The summed E-state index contributed by atoms with van der Waals surface area (Å²) in [5, 5.41) is 2.12. The summed E-state index contributed by atoms with van der Waals surface area (Å²) in [4.78, 5) is 33.9. The minimum absolute atomic E-state index is 0.00157. The van der Waals surface area contributed by atoms with Crippen LogP contribution in [0.4, 0.5) is 0 Å². The van der Waals surface area contributed by atoms with Crippen LogP contribution >= 0.6 is 0 Å². The molecule has 0 aliphatic carbocycles. The Morgan fingerprint density at radius 3 is 2.33 bits per heavy atom. The quantitative estimate of drug-likeness (QED) is 0.507. The first-order chi connectivity index (χ1) is 5.63. The van der Waals surface area contributed by atoms with Gasteiger partial charge in [0.05, 0.1) is 0 Å². The molecule has 0 aromatic rings. The van der Waals surface area contributed by atoms with Crippen LogP contribution in [0.5, 0.6) is 0 Å². The second kappa shape index (κ2) is 3.34. The minimum Gasteiger partial charge on any atom is -0.324 e. The van der Waals surface area contributed by atoms with Crippen molar-refractivity contribution in [3.05, 3.63) is 0 Å². The molecule has 66 valence electrons. The summed E-state index contributed by atoms with van der Waals surface area (Å²) < 4.78 is 0. The number of nitrogens with zero attached hydrogens (tertiary/aromatic N) is 1. The average molecular weight is 170 g/mol. The third kappa shape index (κ3) is 1.81. The van der Waals surface area contributed by atoms with Crippen molar-refractivity contribution in [2.24, 2.45) is 0 Å². The van der Waals surface area contributed by atoms with Crippen molar-refractivity contribution in [1.29, 1.82) is 0 Å². The standard InChI is InChI=1S/C7H10N2O3/c1-2-7(12)9-3-5(10)8-6(11)4-9/h2-4H2,1H3,(H,8,10,11). The van der Waals surface area contributed by atoms with Gasteiger partial charge in [-0.05, 0) is 0 Å². The Kier molecular flexibility index (Phi) is 2.42. The van der Waals surface area contributed by atoms with Crippen LogP contribution in [-0.2, 0) is 14.4 Å². The van der Waals surface area contributed by atoms with Crippen LogP contribution in [-0.4, -0.2) is 35.7 Å². The van der Waals surface area contributed by atoms with Crippen LogP contribution in [0, 0.1) is 0 Å². The molecule has 0 radical (unpaired) electrons. The monoisotopic (exact) mass is 170 g/mol. The fourth-order valence-electron chi connectivity index (χ4n) is 1.04. The summed E-state index contributed by atoms with van der Waals surface area (Å²) in [7, 11) is 0. The van der Waals surface area contributed by atoms with E-state index in [-0.39, 0.29) is 19.0 Å². The minimum atomic E-state index is -0.409. The molecule has 5 heteroatoms. The van der Waals surface area contributed by atoms with E-state index in [2.05, 4.69) is 5.32 Å². The molecular weight excluding hydrogens is 160 g/mol. The van der Waals surface area contributed by atoms with Gasteiger partial charge in [-0.2, -0.15) is 0 Å². The molecule has 1 aliphatic heterocycles. The zero-order chi connectivity index (χ0) is 9.14. The Morgan fingerprint density at radius 2 is 1.92 bits per heavy atom. The van der Waals surface area contributed by atoms with Crippen LogP contribution in [0.15, 0.2) is 0 Å². The van der Waals surface area contributed by atoms with Gasteiger partial charge in [0.15, 0.2) is 0 Å². The van der Waals surface area contributed by atoms with E-state index in [1.54, 1.807) is 6.92 Å². The molecule has 1 aliphatic rings. The van der Waals surface area contributed by atoms with Crippen molar-refractivity contribution in [3.8, 4) is 0 Å². The van der Waals surface area contributed by atoms with Crippen molar-refractivity contribution in [3.63, 3.8) is 0 Å². The summed E-state index contributed by atoms with van der Waals surface area (Å²) >= 11 is 0. The number of hydrogen-bond acceptors (Lipinski definition) is 3. The third-order valence-corrected chi connectivity index (χ3v) is 1.60. The molecule has 1 rings (SSSR count). The zero-order valence-electron chi connectivity index (χ0n) is 6.79. The van der Waals surface area contributed by atoms with E-state index in [0.717, 1.165) is 0 Å². The van der Waals surface area contributed by atoms with Crippen LogP contribution in [0.25, 0.3) is 0 Å². The smallest absolute Gasteiger partial charge is 0.246 e. The Bertz CT molecular complexity index is 221. The van der Waals surface area contributed by atoms with Gasteiger partial charge in [0.25, 0.3) is 0 Å². The maximum Gasteiger partial charge on any atom is 0.246 e. The zero-order valence-corrected chi connectivity index (χ0v) is 6.79. The topological polar surface area (TPSA) is 66.5 Å². The number of piperazine rings is 1. The lowest BCUT2D eigenvalue weighted by molar-refractivity contribution is -0.145. The Balaban J connectivity index is 2.61. The van der Waals surface area contributed by atoms with Gasteiger partial charge < -0.3 is 4.90 Å². The van der Waals surface area contributed by atoms with Gasteiger partial charge >= 0.3 is 0 Å². The van der Waals surface area contributed by atoms with Gasteiger partial charge in [-0.3, -0.25) is 19.7 Å². The normalized spacial score (nSPS) is 17.6. The number of amides is 3. The van der Waals surface area contributed by atoms with E-state index < -0.39 is 11.8 Å². The van der Waals surface area contributed by atoms with Gasteiger partial charge in [0.1, 0.15) is 13.1 Å². The fraction of sp³-hybridized carbons (Fsp3) is 0.571. The van der Waals surface area contributed by atoms with E-state index in [0.29, 0.717) is 6.42 Å². The highest BCUT2D eigenvalue weighted by Crippen LogP contribution is 1.97. The summed E-state index contributed by atoms with van der Waals surface area (Å²) in [5.41, 5.74) is 0. The van der Waals surface area contributed by atoms with Gasteiger partial charge in [-0.1, -0.05) is 6.92 Å². The summed E-state index contributed by atoms with van der Waals surface area (Å²) in [6.45, 7) is 1.69. The summed E-state index contributed by atoms with van der Waals surface area (Å²) in [5.74, 6) is -0.987. The van der Waals surface area contributed by atoms with Crippen molar-refractivity contribution in [2.75, 3.05) is 13.1 Å². The first kappa shape index (κ1) is 8.70. The molecular formula is C7H10N2O3. The van der Waals surface area contributed by atoms with Crippen molar-refractivity contribution < 1.29 is 14.4 Å². The van der Waals surface area contributed by atoms with Crippen molar-refractivity contribution >= 4 is 17.7 Å². The molecule has 0 aromatic heterocycles. The van der Waals surface area contributed by atoms with Gasteiger partial charge in [-0.25, -0.2) is 0 Å². The maximum absolute atomic E-state index is 11.1. The SMILES string of the molecule is CCC(=O)N1CC(=O)NC(=O)C1. The highest BCUT2D eigenvalue weighted by atomic mass is 16.2. The molecule has 3 amide bonds. The molecule has 0 bridgehead atoms. The van der Waals surface area contributed by atoms with Gasteiger partial charge in [0.2, 0.25) is 17.7 Å². The van der Waals surface area contributed by atoms with E-state index in [9.17, 15) is 14.4 Å². The van der Waals surface area contributed by atoms with E-state index in [1.807, 2.05) is 0 Å². The molecule has 1 fully saturated rings.